The number of aromatic nitrogens is 2. The molecule has 0 fully saturated rings. The minimum atomic E-state index is -4.78. The van der Waals surface area contributed by atoms with Crippen LogP contribution >= 0.6 is 11.3 Å². The van der Waals surface area contributed by atoms with Crippen LogP contribution in [0.1, 0.15) is 23.4 Å². The van der Waals surface area contributed by atoms with Crippen molar-refractivity contribution in [3.05, 3.63) is 21.8 Å². The number of halogens is 3. The van der Waals surface area contributed by atoms with Gasteiger partial charge in [-0.1, -0.05) is 5.16 Å². The van der Waals surface area contributed by atoms with Gasteiger partial charge in [0.2, 0.25) is 5.60 Å². The van der Waals surface area contributed by atoms with E-state index in [9.17, 15) is 18.3 Å². The van der Waals surface area contributed by atoms with E-state index in [2.05, 4.69) is 10.1 Å². The molecule has 0 aliphatic carbocycles. The molecule has 1 unspecified atom stereocenters. The first-order valence-corrected chi connectivity index (χ1v) is 6.21. The average Bonchev–Trinajstić information content (AvgIpc) is 2.84. The lowest BCUT2D eigenvalue weighted by Gasteiger charge is -2.23. The molecular weight excluding hydrogens is 281 g/mol. The summed E-state index contributed by atoms with van der Waals surface area (Å²) in [7, 11) is 0. The molecule has 2 aromatic heterocycles. The van der Waals surface area contributed by atoms with Gasteiger partial charge in [-0.15, -0.1) is 11.3 Å². The Morgan fingerprint density at radius 3 is 2.42 bits per heavy atom. The highest BCUT2D eigenvalue weighted by Gasteiger charge is 2.53. The third-order valence-corrected chi connectivity index (χ3v) is 3.82. The maximum absolute atomic E-state index is 12.7. The Bertz CT molecular complexity index is 582. The van der Waals surface area contributed by atoms with Crippen LogP contribution in [0.4, 0.5) is 13.2 Å². The summed E-state index contributed by atoms with van der Waals surface area (Å²) in [5.74, 6) is 0.473. The summed E-state index contributed by atoms with van der Waals surface area (Å²) < 4.78 is 43.1. The maximum Gasteiger partial charge on any atom is 0.423 e. The van der Waals surface area contributed by atoms with Gasteiger partial charge in [0.05, 0.1) is 17.0 Å². The number of hydrogen-bond donors (Lipinski definition) is 1. The Kier molecular flexibility index (Phi) is 3.18. The van der Waals surface area contributed by atoms with Gasteiger partial charge in [0.15, 0.2) is 0 Å². The summed E-state index contributed by atoms with van der Waals surface area (Å²) in [5, 5.41) is 14.3. The van der Waals surface area contributed by atoms with E-state index in [1.807, 2.05) is 0 Å². The fraction of sp³-hybridized carbons (Fsp3) is 0.455. The molecule has 8 heteroatoms. The molecule has 1 N–H and O–H groups in total. The average molecular weight is 292 g/mol. The maximum atomic E-state index is 12.7. The topological polar surface area (TPSA) is 59.2 Å². The molecule has 0 spiro atoms. The van der Waals surface area contributed by atoms with Gasteiger partial charge in [-0.2, -0.15) is 13.2 Å². The summed E-state index contributed by atoms with van der Waals surface area (Å²) in [4.78, 5) is 3.86. The Balaban J connectivity index is 2.46. The molecule has 0 aliphatic heterocycles. The molecule has 0 saturated carbocycles. The summed E-state index contributed by atoms with van der Waals surface area (Å²) in [5.41, 5.74) is -1.54. The predicted octanol–water partition coefficient (Wildman–Crippen LogP) is 3.18. The van der Waals surface area contributed by atoms with E-state index in [0.717, 1.165) is 11.3 Å². The number of nitrogens with zero attached hydrogens (tertiary/aromatic N) is 2. The molecule has 2 rings (SSSR count). The second-order valence-electron chi connectivity index (χ2n) is 4.31. The van der Waals surface area contributed by atoms with Crippen LogP contribution in [0.5, 0.6) is 0 Å². The van der Waals surface area contributed by atoms with Gasteiger partial charge in [0.25, 0.3) is 0 Å². The largest absolute Gasteiger partial charge is 0.423 e. The van der Waals surface area contributed by atoms with Gasteiger partial charge in [-0.25, -0.2) is 4.98 Å². The van der Waals surface area contributed by atoms with Crippen LogP contribution in [0.15, 0.2) is 9.90 Å². The van der Waals surface area contributed by atoms with E-state index in [4.69, 9.17) is 4.52 Å². The van der Waals surface area contributed by atoms with Crippen LogP contribution in [0.25, 0.3) is 11.3 Å². The lowest BCUT2D eigenvalue weighted by molar-refractivity contribution is -0.258. The van der Waals surface area contributed by atoms with Gasteiger partial charge in [-0.3, -0.25) is 0 Å². The highest BCUT2D eigenvalue weighted by Crippen LogP contribution is 2.41. The molecular formula is C11H11F3N2O2S. The zero-order chi connectivity index (χ0) is 14.4. The Morgan fingerprint density at radius 2 is 1.95 bits per heavy atom. The quantitative estimate of drug-likeness (QED) is 0.923. The first kappa shape index (κ1) is 14.0. The van der Waals surface area contributed by atoms with E-state index < -0.39 is 16.8 Å². The summed E-state index contributed by atoms with van der Waals surface area (Å²) in [6, 6.07) is 0. The van der Waals surface area contributed by atoms with Gasteiger partial charge in [0, 0.05) is 5.38 Å². The molecule has 2 aromatic rings. The number of thiazole rings is 1. The minimum absolute atomic E-state index is 0.320. The Labute approximate surface area is 110 Å². The molecule has 2 heterocycles. The first-order valence-electron chi connectivity index (χ1n) is 5.33. The molecule has 104 valence electrons. The van der Waals surface area contributed by atoms with Crippen LogP contribution in [0, 0.1) is 13.8 Å². The Morgan fingerprint density at radius 1 is 1.32 bits per heavy atom. The second kappa shape index (κ2) is 4.31. The van der Waals surface area contributed by atoms with E-state index >= 15 is 0 Å². The van der Waals surface area contributed by atoms with Crippen LogP contribution in [0.3, 0.4) is 0 Å². The second-order valence-corrected chi connectivity index (χ2v) is 5.17. The number of alkyl halides is 3. The standard InChI is InChI=1S/C11H11F3N2O2S/c1-5-8(6(2)18-16-5)7-4-19-9(15-7)10(3,17)11(12,13)14/h4,17H,1-3H3. The van der Waals surface area contributed by atoms with Crippen molar-refractivity contribution in [1.82, 2.24) is 10.1 Å². The molecule has 0 aliphatic rings. The number of rotatable bonds is 2. The number of hydrogen-bond acceptors (Lipinski definition) is 5. The lowest BCUT2D eigenvalue weighted by atomic mass is 10.1. The highest BCUT2D eigenvalue weighted by molar-refractivity contribution is 7.10. The zero-order valence-electron chi connectivity index (χ0n) is 10.4. The zero-order valence-corrected chi connectivity index (χ0v) is 11.2. The molecule has 4 nitrogen and oxygen atoms in total. The third kappa shape index (κ3) is 2.25. The van der Waals surface area contributed by atoms with Crippen molar-refractivity contribution in [3.8, 4) is 11.3 Å². The van der Waals surface area contributed by atoms with Gasteiger partial charge in [0.1, 0.15) is 10.8 Å². The first-order chi connectivity index (χ1) is 8.64. The summed E-state index contributed by atoms with van der Waals surface area (Å²) in [6.45, 7) is 4.01. The van der Waals surface area contributed by atoms with Gasteiger partial charge < -0.3 is 9.63 Å². The van der Waals surface area contributed by atoms with Crippen molar-refractivity contribution in [2.75, 3.05) is 0 Å². The van der Waals surface area contributed by atoms with Gasteiger partial charge in [-0.05, 0) is 20.8 Å². The fourth-order valence-electron chi connectivity index (χ4n) is 1.58. The molecule has 0 bridgehead atoms. The van der Waals surface area contributed by atoms with Crippen molar-refractivity contribution in [3.63, 3.8) is 0 Å². The van der Waals surface area contributed by atoms with E-state index in [-0.39, 0.29) is 0 Å². The minimum Gasteiger partial charge on any atom is -0.375 e. The van der Waals surface area contributed by atoms with Crippen molar-refractivity contribution in [2.24, 2.45) is 0 Å². The summed E-state index contributed by atoms with van der Waals surface area (Å²) in [6.07, 6.45) is -4.78. The van der Waals surface area contributed by atoms with Crippen molar-refractivity contribution in [1.29, 1.82) is 0 Å². The third-order valence-electron chi connectivity index (χ3n) is 2.76. The highest BCUT2D eigenvalue weighted by atomic mass is 32.1. The van der Waals surface area contributed by atoms with Crippen molar-refractivity contribution < 1.29 is 22.8 Å². The smallest absolute Gasteiger partial charge is 0.375 e. The Hall–Kier alpha value is -1.41. The van der Waals surface area contributed by atoms with Crippen molar-refractivity contribution in [2.45, 2.75) is 32.5 Å². The molecule has 19 heavy (non-hydrogen) atoms. The molecule has 0 amide bonds. The SMILES string of the molecule is Cc1noc(C)c1-c1csc(C(C)(O)C(F)(F)F)n1. The monoisotopic (exact) mass is 292 g/mol. The fourth-order valence-corrected chi connectivity index (χ4v) is 2.47. The van der Waals surface area contributed by atoms with E-state index in [1.165, 1.54) is 5.38 Å². The molecule has 0 saturated heterocycles. The van der Waals surface area contributed by atoms with Crippen molar-refractivity contribution >= 4 is 11.3 Å². The molecule has 0 aromatic carbocycles. The van der Waals surface area contributed by atoms with Crippen LogP contribution in [-0.4, -0.2) is 21.4 Å². The van der Waals surface area contributed by atoms with Crippen LogP contribution in [0.2, 0.25) is 0 Å². The number of aryl methyl sites for hydroxylation is 2. The summed E-state index contributed by atoms with van der Waals surface area (Å²) >= 11 is 0.748. The normalized spacial score (nSPS) is 15.5. The lowest BCUT2D eigenvalue weighted by Crippen LogP contribution is -2.39. The molecule has 0 radical (unpaired) electrons. The van der Waals surface area contributed by atoms with Crippen LogP contribution in [-0.2, 0) is 5.60 Å². The number of aliphatic hydroxyl groups is 1. The van der Waals surface area contributed by atoms with Gasteiger partial charge >= 0.3 is 6.18 Å². The predicted molar refractivity (Wildman–Crippen MR) is 62.7 cm³/mol. The van der Waals surface area contributed by atoms with E-state index in [0.29, 0.717) is 29.6 Å². The molecule has 1 atom stereocenters. The van der Waals surface area contributed by atoms with Crippen LogP contribution < -0.4 is 0 Å². The van der Waals surface area contributed by atoms with E-state index in [1.54, 1.807) is 13.8 Å².